The van der Waals surface area contributed by atoms with Crippen molar-refractivity contribution < 1.29 is 0 Å². The average Bonchev–Trinajstić information content (AvgIpc) is 2.09. The van der Waals surface area contributed by atoms with E-state index in [2.05, 4.69) is 44.6 Å². The van der Waals surface area contributed by atoms with Gasteiger partial charge in [-0.2, -0.15) is 5.26 Å². The molecule has 0 saturated carbocycles. The molecule has 0 saturated heterocycles. The van der Waals surface area contributed by atoms with Gasteiger partial charge in [-0.15, -0.1) is 0 Å². The van der Waals surface area contributed by atoms with Gasteiger partial charge in [-0.05, 0) is 56.2 Å². The van der Waals surface area contributed by atoms with Crippen molar-refractivity contribution in [2.75, 3.05) is 0 Å². The number of halogens is 2. The summed E-state index contributed by atoms with van der Waals surface area (Å²) in [6.07, 6.45) is 0. The molecule has 0 radical (unpaired) electrons. The van der Waals surface area contributed by atoms with Gasteiger partial charge in [0.1, 0.15) is 0 Å². The highest BCUT2D eigenvalue weighted by atomic mass is 127. The summed E-state index contributed by atoms with van der Waals surface area (Å²) in [5.74, 6) is 0. The average molecular weight is 337 g/mol. The Kier molecular flexibility index (Phi) is 3.50. The number of rotatable bonds is 1. The lowest BCUT2D eigenvalue weighted by Crippen LogP contribution is -2.00. The van der Waals surface area contributed by atoms with Crippen molar-refractivity contribution in [3.63, 3.8) is 0 Å². The van der Waals surface area contributed by atoms with Crippen molar-refractivity contribution in [1.82, 2.24) is 0 Å². The molecule has 12 heavy (non-hydrogen) atoms. The fraction of sp³-hybridized carbons (Fsp3) is 0.125. The Morgan fingerprint density at radius 3 is 2.75 bits per heavy atom. The van der Waals surface area contributed by atoms with Gasteiger partial charge in [-0.25, -0.2) is 0 Å². The molecule has 2 nitrogen and oxygen atoms in total. The first-order valence-corrected chi connectivity index (χ1v) is 5.14. The Morgan fingerprint density at radius 1 is 1.58 bits per heavy atom. The Morgan fingerprint density at radius 2 is 2.25 bits per heavy atom. The van der Waals surface area contributed by atoms with Crippen molar-refractivity contribution in [1.29, 1.82) is 5.26 Å². The monoisotopic (exact) mass is 336 g/mol. The first kappa shape index (κ1) is 9.96. The van der Waals surface area contributed by atoms with Crippen molar-refractivity contribution in [3.05, 3.63) is 31.3 Å². The van der Waals surface area contributed by atoms with Gasteiger partial charge in [0.2, 0.25) is 0 Å². The van der Waals surface area contributed by atoms with E-state index in [4.69, 9.17) is 11.0 Å². The SMILES string of the molecule is N#Cc1cc(Br)c(I)c(CN)c1. The molecule has 62 valence electrons. The van der Waals surface area contributed by atoms with Gasteiger partial charge in [-0.3, -0.25) is 0 Å². The van der Waals surface area contributed by atoms with Crippen LogP contribution in [0.15, 0.2) is 16.6 Å². The largest absolute Gasteiger partial charge is 0.326 e. The molecule has 0 unspecified atom stereocenters. The molecule has 0 aliphatic rings. The van der Waals surface area contributed by atoms with E-state index in [9.17, 15) is 0 Å². The van der Waals surface area contributed by atoms with Gasteiger partial charge in [0.15, 0.2) is 0 Å². The Bertz CT molecular complexity index is 344. The quantitative estimate of drug-likeness (QED) is 0.800. The topological polar surface area (TPSA) is 49.8 Å². The maximum absolute atomic E-state index is 8.66. The van der Waals surface area contributed by atoms with E-state index in [1.165, 1.54) is 0 Å². The van der Waals surface area contributed by atoms with Gasteiger partial charge in [0, 0.05) is 14.6 Å². The third kappa shape index (κ3) is 1.97. The van der Waals surface area contributed by atoms with Crippen LogP contribution < -0.4 is 5.73 Å². The van der Waals surface area contributed by atoms with Gasteiger partial charge in [0.25, 0.3) is 0 Å². The number of benzene rings is 1. The highest BCUT2D eigenvalue weighted by Gasteiger charge is 2.04. The summed E-state index contributed by atoms with van der Waals surface area (Å²) in [6.45, 7) is 0.465. The highest BCUT2D eigenvalue weighted by molar-refractivity contribution is 14.1. The maximum Gasteiger partial charge on any atom is 0.0992 e. The van der Waals surface area contributed by atoms with Crippen LogP contribution >= 0.6 is 38.5 Å². The van der Waals surface area contributed by atoms with Crippen LogP contribution in [0.1, 0.15) is 11.1 Å². The van der Waals surface area contributed by atoms with E-state index in [1.54, 1.807) is 6.07 Å². The van der Waals surface area contributed by atoms with Crippen LogP contribution in [0.3, 0.4) is 0 Å². The summed E-state index contributed by atoms with van der Waals surface area (Å²) in [5, 5.41) is 8.66. The maximum atomic E-state index is 8.66. The second-order valence-electron chi connectivity index (χ2n) is 2.25. The third-order valence-corrected chi connectivity index (χ3v) is 4.09. The fourth-order valence-electron chi connectivity index (χ4n) is 0.859. The summed E-state index contributed by atoms with van der Waals surface area (Å²) < 4.78 is 2.01. The molecular formula is C8H6BrIN2. The van der Waals surface area contributed by atoms with E-state index < -0.39 is 0 Å². The molecule has 1 rings (SSSR count). The Labute approximate surface area is 93.0 Å². The zero-order valence-electron chi connectivity index (χ0n) is 6.14. The lowest BCUT2D eigenvalue weighted by atomic mass is 10.1. The van der Waals surface area contributed by atoms with E-state index in [-0.39, 0.29) is 0 Å². The fourth-order valence-corrected chi connectivity index (χ4v) is 1.89. The van der Waals surface area contributed by atoms with Crippen LogP contribution in [-0.2, 0) is 6.54 Å². The number of nitrogens with zero attached hydrogens (tertiary/aromatic N) is 1. The molecule has 0 aromatic heterocycles. The van der Waals surface area contributed by atoms with Crippen LogP contribution in [0.25, 0.3) is 0 Å². The molecule has 2 N–H and O–H groups in total. The van der Waals surface area contributed by atoms with E-state index in [0.29, 0.717) is 12.1 Å². The molecule has 0 aliphatic heterocycles. The first-order chi connectivity index (χ1) is 5.69. The summed E-state index contributed by atoms with van der Waals surface area (Å²) >= 11 is 5.57. The number of hydrogen-bond acceptors (Lipinski definition) is 2. The molecule has 1 aromatic rings. The zero-order chi connectivity index (χ0) is 9.14. The van der Waals surface area contributed by atoms with Crippen LogP contribution in [-0.4, -0.2) is 0 Å². The second-order valence-corrected chi connectivity index (χ2v) is 4.18. The minimum absolute atomic E-state index is 0.465. The van der Waals surface area contributed by atoms with Crippen molar-refractivity contribution in [2.45, 2.75) is 6.54 Å². The highest BCUT2D eigenvalue weighted by Crippen LogP contribution is 2.24. The normalized spacial score (nSPS) is 9.50. The van der Waals surface area contributed by atoms with Crippen molar-refractivity contribution in [3.8, 4) is 6.07 Å². The summed E-state index contributed by atoms with van der Waals surface area (Å²) in [6, 6.07) is 5.69. The molecule has 0 atom stereocenters. The minimum Gasteiger partial charge on any atom is -0.326 e. The molecule has 1 aromatic carbocycles. The number of hydrogen-bond donors (Lipinski definition) is 1. The smallest absolute Gasteiger partial charge is 0.0992 e. The van der Waals surface area contributed by atoms with E-state index in [0.717, 1.165) is 13.6 Å². The lowest BCUT2D eigenvalue weighted by molar-refractivity contribution is 1.05. The number of nitrogens with two attached hydrogens (primary N) is 1. The Balaban J connectivity index is 3.31. The second kappa shape index (κ2) is 4.21. The predicted octanol–water partition coefficient (Wildman–Crippen LogP) is 2.38. The van der Waals surface area contributed by atoms with Gasteiger partial charge >= 0.3 is 0 Å². The predicted molar refractivity (Wildman–Crippen MR) is 59.5 cm³/mol. The molecule has 0 amide bonds. The molecule has 0 aliphatic carbocycles. The number of nitriles is 1. The van der Waals surface area contributed by atoms with Crippen molar-refractivity contribution in [2.24, 2.45) is 5.73 Å². The van der Waals surface area contributed by atoms with Crippen LogP contribution in [0.2, 0.25) is 0 Å². The molecule has 0 bridgehead atoms. The summed E-state index contributed by atoms with van der Waals surface area (Å²) in [4.78, 5) is 0. The first-order valence-electron chi connectivity index (χ1n) is 3.27. The summed E-state index contributed by atoms with van der Waals surface area (Å²) in [7, 11) is 0. The van der Waals surface area contributed by atoms with Gasteiger partial charge in [-0.1, -0.05) is 0 Å². The minimum atomic E-state index is 0.465. The molecule has 4 heteroatoms. The van der Waals surface area contributed by atoms with Crippen LogP contribution in [0.5, 0.6) is 0 Å². The van der Waals surface area contributed by atoms with Crippen molar-refractivity contribution >= 4 is 38.5 Å². The van der Waals surface area contributed by atoms with Gasteiger partial charge in [0.05, 0.1) is 11.6 Å². The van der Waals surface area contributed by atoms with Crippen LogP contribution in [0.4, 0.5) is 0 Å². The molecule has 0 heterocycles. The summed E-state index contributed by atoms with van der Waals surface area (Å²) in [5.41, 5.74) is 7.15. The Hall–Kier alpha value is -0.120. The lowest BCUT2D eigenvalue weighted by Gasteiger charge is -2.03. The molecule has 0 fully saturated rings. The van der Waals surface area contributed by atoms with E-state index in [1.807, 2.05) is 6.07 Å². The van der Waals surface area contributed by atoms with E-state index >= 15 is 0 Å². The zero-order valence-corrected chi connectivity index (χ0v) is 9.89. The standard InChI is InChI=1S/C8H6BrIN2/c9-7-2-5(3-11)1-6(4-12)8(7)10/h1-2H,4,12H2. The van der Waals surface area contributed by atoms with Gasteiger partial charge < -0.3 is 5.73 Å². The van der Waals surface area contributed by atoms with Crippen LogP contribution in [0, 0.1) is 14.9 Å². The molecular weight excluding hydrogens is 331 g/mol. The third-order valence-electron chi connectivity index (χ3n) is 1.45. The molecule has 0 spiro atoms.